The van der Waals surface area contributed by atoms with E-state index in [2.05, 4.69) is 121 Å². The van der Waals surface area contributed by atoms with Gasteiger partial charge in [-0.1, -0.05) is 18.2 Å². The van der Waals surface area contributed by atoms with E-state index in [1.165, 1.54) is 72.8 Å². The van der Waals surface area contributed by atoms with Gasteiger partial charge in [-0.05, 0) is 0 Å². The average Bonchev–Trinajstić information content (AvgIpc) is 2.96. The summed E-state index contributed by atoms with van der Waals surface area (Å²) in [5.41, 5.74) is 1.47. The molecule has 0 N–H and O–H groups in total. The number of hydrogen-bond acceptors (Lipinski definition) is 0. The topological polar surface area (TPSA) is 0 Å². The first-order valence-electron chi connectivity index (χ1n) is 13.7. The van der Waals surface area contributed by atoms with Gasteiger partial charge >= 0.3 is 206 Å². The van der Waals surface area contributed by atoms with Gasteiger partial charge in [-0.15, -0.1) is 0 Å². The Kier molecular flexibility index (Phi) is 9.80. The molecule has 188 valence electrons. The summed E-state index contributed by atoms with van der Waals surface area (Å²) >= 11 is 8.15. The molecule has 0 bridgehead atoms. The van der Waals surface area contributed by atoms with Crippen molar-refractivity contribution in [2.75, 3.05) is 6.16 Å². The molecule has 0 radical (unpaired) electrons. The zero-order chi connectivity index (χ0) is 25.0. The van der Waals surface area contributed by atoms with Crippen molar-refractivity contribution in [3.05, 3.63) is 127 Å². The molecule has 2 heteroatoms. The third-order valence-corrected chi connectivity index (χ3v) is 15.1. The minimum atomic E-state index is -3.08. The summed E-state index contributed by atoms with van der Waals surface area (Å²) in [4.78, 5) is 0. The molecule has 0 nitrogen and oxygen atoms in total. The van der Waals surface area contributed by atoms with Crippen LogP contribution in [0.3, 0.4) is 0 Å². The van der Waals surface area contributed by atoms with Gasteiger partial charge in [-0.3, -0.25) is 0 Å². The predicted molar refractivity (Wildman–Crippen MR) is 163 cm³/mol. The summed E-state index contributed by atoms with van der Waals surface area (Å²) < 4.78 is 0. The van der Waals surface area contributed by atoms with E-state index >= 15 is 0 Å². The number of rotatable bonds is 14. The molecule has 0 saturated heterocycles. The van der Waals surface area contributed by atoms with E-state index in [0.29, 0.717) is 0 Å². The molecule has 0 unspecified atom stereocenters. The van der Waals surface area contributed by atoms with Gasteiger partial charge in [0.1, 0.15) is 0 Å². The van der Waals surface area contributed by atoms with Crippen LogP contribution in [0.1, 0.15) is 56.9 Å². The maximum atomic E-state index is 8.15. The van der Waals surface area contributed by atoms with E-state index in [9.17, 15) is 0 Å². The Bertz CT molecular complexity index is 1040. The number of halogens is 1. The molecule has 0 amide bonds. The second-order valence-corrected chi connectivity index (χ2v) is 16.6. The Hall–Kier alpha value is -2.40. The maximum absolute atomic E-state index is 8.15. The van der Waals surface area contributed by atoms with Crippen LogP contribution in [-0.2, 0) is 6.42 Å². The van der Waals surface area contributed by atoms with Gasteiger partial charge < -0.3 is 0 Å². The second kappa shape index (κ2) is 13.2. The number of aryl methyl sites for hydroxylation is 1. The van der Waals surface area contributed by atoms with E-state index in [1.807, 2.05) is 0 Å². The fraction of sp³-hybridized carbons (Fsp3) is 0.294. The van der Waals surface area contributed by atoms with Crippen molar-refractivity contribution >= 4 is 33.1 Å². The van der Waals surface area contributed by atoms with E-state index in [4.69, 9.17) is 11.2 Å². The fourth-order valence-electron chi connectivity index (χ4n) is 5.49. The van der Waals surface area contributed by atoms with E-state index < -0.39 is 5.96 Å². The molecule has 0 fully saturated rings. The molecule has 0 saturated carbocycles. The molecular formula is C34H40ClP. The number of hydrogen-bond donors (Lipinski definition) is 0. The normalized spacial score (nSPS) is 12.6. The Balaban J connectivity index is 1.36. The number of benzene rings is 4. The SMILES string of the molecule is ClP(CCCCCCCCCCc1ccccc1)(c1ccccc1)(c1ccccc1)c1ccccc1. The molecule has 36 heavy (non-hydrogen) atoms. The Morgan fingerprint density at radius 2 is 0.722 bits per heavy atom. The van der Waals surface area contributed by atoms with Gasteiger partial charge in [0.25, 0.3) is 0 Å². The van der Waals surface area contributed by atoms with Crippen LogP contribution >= 0.6 is 17.2 Å². The Morgan fingerprint density at radius 3 is 1.14 bits per heavy atom. The van der Waals surface area contributed by atoms with Gasteiger partial charge in [0.05, 0.1) is 0 Å². The van der Waals surface area contributed by atoms with Gasteiger partial charge in [0, 0.05) is 0 Å². The van der Waals surface area contributed by atoms with Crippen LogP contribution in [0.5, 0.6) is 0 Å². The first-order valence-corrected chi connectivity index (χ1v) is 17.0. The summed E-state index contributed by atoms with van der Waals surface area (Å²) in [5, 5.41) is 3.84. The average molecular weight is 515 g/mol. The van der Waals surface area contributed by atoms with Crippen molar-refractivity contribution in [3.8, 4) is 0 Å². The van der Waals surface area contributed by atoms with Crippen LogP contribution in [0, 0.1) is 0 Å². The quantitative estimate of drug-likeness (QED) is 0.116. The molecular weight excluding hydrogens is 475 g/mol. The number of unbranched alkanes of at least 4 members (excludes halogenated alkanes) is 7. The minimum absolute atomic E-state index is 1.00. The first-order chi connectivity index (χ1) is 17.7. The Morgan fingerprint density at radius 1 is 0.389 bits per heavy atom. The molecule has 4 aromatic rings. The second-order valence-electron chi connectivity index (χ2n) is 9.98. The summed E-state index contributed by atoms with van der Waals surface area (Å²) in [6.07, 6.45) is 12.5. The van der Waals surface area contributed by atoms with E-state index in [0.717, 1.165) is 12.6 Å². The van der Waals surface area contributed by atoms with Gasteiger partial charge in [-0.2, -0.15) is 0 Å². The zero-order valence-corrected chi connectivity index (χ0v) is 23.1. The van der Waals surface area contributed by atoms with Crippen molar-refractivity contribution in [2.45, 2.75) is 57.8 Å². The first kappa shape index (κ1) is 26.7. The van der Waals surface area contributed by atoms with E-state index in [-0.39, 0.29) is 0 Å². The fourth-order valence-corrected chi connectivity index (χ4v) is 11.7. The van der Waals surface area contributed by atoms with Crippen LogP contribution in [0.2, 0.25) is 0 Å². The summed E-state index contributed by atoms with van der Waals surface area (Å²) in [5.74, 6) is -3.08. The van der Waals surface area contributed by atoms with Crippen molar-refractivity contribution in [1.82, 2.24) is 0 Å². The summed E-state index contributed by atoms with van der Waals surface area (Å²) in [6.45, 7) is 0. The van der Waals surface area contributed by atoms with Crippen LogP contribution in [0.4, 0.5) is 0 Å². The molecule has 4 aromatic carbocycles. The van der Waals surface area contributed by atoms with Gasteiger partial charge in [-0.25, -0.2) is 0 Å². The van der Waals surface area contributed by atoms with Crippen LogP contribution in [0.15, 0.2) is 121 Å². The Labute approximate surface area is 223 Å². The van der Waals surface area contributed by atoms with Crippen molar-refractivity contribution < 1.29 is 0 Å². The summed E-state index contributed by atoms with van der Waals surface area (Å²) in [7, 11) is 0. The predicted octanol–water partition coefficient (Wildman–Crippen LogP) is 9.03. The third-order valence-electron chi connectivity index (χ3n) is 7.52. The molecule has 0 spiro atoms. The summed E-state index contributed by atoms with van der Waals surface area (Å²) in [6, 6.07) is 43.5. The molecule has 0 aromatic heterocycles. The van der Waals surface area contributed by atoms with E-state index in [1.54, 1.807) is 0 Å². The molecule has 0 heterocycles. The van der Waals surface area contributed by atoms with Crippen molar-refractivity contribution in [2.24, 2.45) is 0 Å². The van der Waals surface area contributed by atoms with Crippen molar-refractivity contribution in [1.29, 1.82) is 0 Å². The molecule has 0 aliphatic rings. The standard InChI is InChI=1S/C34H40ClP/c35-36(32-24-14-8-15-25-32,33-26-16-9-17-27-33,34-28-18-10-19-29-34)30-20-6-4-2-1-3-5-11-21-31-22-12-7-13-23-31/h7-10,12-19,22-29H,1-6,11,20-21,30H2. The van der Waals surface area contributed by atoms with Crippen LogP contribution in [-0.4, -0.2) is 6.16 Å². The zero-order valence-electron chi connectivity index (χ0n) is 21.4. The van der Waals surface area contributed by atoms with Gasteiger partial charge in [0.15, 0.2) is 0 Å². The monoisotopic (exact) mass is 514 g/mol. The van der Waals surface area contributed by atoms with Crippen LogP contribution in [0.25, 0.3) is 0 Å². The molecule has 0 aliphatic carbocycles. The molecule has 4 rings (SSSR count). The third kappa shape index (κ3) is 6.29. The van der Waals surface area contributed by atoms with Crippen LogP contribution < -0.4 is 15.9 Å². The van der Waals surface area contributed by atoms with Crippen molar-refractivity contribution in [3.63, 3.8) is 0 Å². The van der Waals surface area contributed by atoms with Gasteiger partial charge in [0.2, 0.25) is 0 Å². The molecule has 0 atom stereocenters. The molecule has 0 aliphatic heterocycles.